The van der Waals surface area contributed by atoms with E-state index in [1.54, 1.807) is 11.3 Å². The fourth-order valence-electron chi connectivity index (χ4n) is 0.774. The van der Waals surface area contributed by atoms with Crippen LogP contribution in [0.15, 0.2) is 5.38 Å². The molecule has 0 amide bonds. The smallest absolute Gasteiger partial charge is 0.0926 e. The van der Waals surface area contributed by atoms with Crippen molar-refractivity contribution >= 4 is 11.3 Å². The van der Waals surface area contributed by atoms with E-state index < -0.39 is 0 Å². The molecule has 56 valence electrons. The summed E-state index contributed by atoms with van der Waals surface area (Å²) >= 11 is 1.74. The molecule has 2 nitrogen and oxygen atoms in total. The minimum atomic E-state index is 0.885. The lowest BCUT2D eigenvalue weighted by molar-refractivity contribution is 0.792. The highest BCUT2D eigenvalue weighted by atomic mass is 32.1. The van der Waals surface area contributed by atoms with Gasteiger partial charge in [-0.1, -0.05) is 6.92 Å². The van der Waals surface area contributed by atoms with Crippen molar-refractivity contribution in [1.82, 2.24) is 10.3 Å². The lowest BCUT2D eigenvalue weighted by atomic mass is 10.5. The first kappa shape index (κ1) is 7.69. The van der Waals surface area contributed by atoms with Crippen molar-refractivity contribution in [3.05, 3.63) is 16.1 Å². The van der Waals surface area contributed by atoms with Crippen LogP contribution in [0.4, 0.5) is 0 Å². The quantitative estimate of drug-likeness (QED) is 0.716. The summed E-state index contributed by atoms with van der Waals surface area (Å²) in [5.74, 6) is 0. The van der Waals surface area contributed by atoms with Crippen molar-refractivity contribution in [3.63, 3.8) is 0 Å². The van der Waals surface area contributed by atoms with Crippen LogP contribution in [-0.4, -0.2) is 12.0 Å². The number of rotatable bonds is 3. The van der Waals surface area contributed by atoms with Gasteiger partial charge in [0.1, 0.15) is 0 Å². The summed E-state index contributed by atoms with van der Waals surface area (Å²) in [4.78, 5) is 4.37. The molecule has 1 heterocycles. The molecule has 1 aromatic rings. The molecular formula is C7H12N2S. The number of hydrogen-bond donors (Lipinski definition) is 1. The van der Waals surface area contributed by atoms with Crippen LogP contribution in [0.2, 0.25) is 0 Å². The second kappa shape index (κ2) is 3.68. The van der Waals surface area contributed by atoms with Gasteiger partial charge in [-0.2, -0.15) is 0 Å². The predicted octanol–water partition coefficient (Wildman–Crippen LogP) is 1.42. The summed E-state index contributed by atoms with van der Waals surface area (Å²) < 4.78 is 0. The average Bonchev–Trinajstić information content (AvgIpc) is 2.37. The van der Waals surface area contributed by atoms with E-state index in [0.717, 1.165) is 18.7 Å². The van der Waals surface area contributed by atoms with Crippen molar-refractivity contribution in [3.8, 4) is 0 Å². The molecule has 0 radical (unpaired) electrons. The van der Waals surface area contributed by atoms with E-state index in [-0.39, 0.29) is 0 Å². The Labute approximate surface area is 65.3 Å². The van der Waals surface area contributed by atoms with Crippen LogP contribution in [0.1, 0.15) is 17.6 Å². The average molecular weight is 156 g/mol. The first-order chi connectivity index (χ1) is 4.86. The molecule has 0 unspecified atom stereocenters. The van der Waals surface area contributed by atoms with Crippen LogP contribution in [0, 0.1) is 0 Å². The number of aromatic nitrogens is 1. The first-order valence-electron chi connectivity index (χ1n) is 3.44. The van der Waals surface area contributed by atoms with E-state index in [1.807, 2.05) is 7.05 Å². The van der Waals surface area contributed by atoms with Crippen LogP contribution in [0.3, 0.4) is 0 Å². The fourth-order valence-corrected chi connectivity index (χ4v) is 1.52. The standard InChI is InChI=1S/C7H12N2S/c1-3-7-9-6(4-8-2)5-10-7/h5,8H,3-4H2,1-2H3. The Morgan fingerprint density at radius 3 is 3.00 bits per heavy atom. The summed E-state index contributed by atoms with van der Waals surface area (Å²) in [6, 6.07) is 0. The van der Waals surface area contributed by atoms with Gasteiger partial charge in [-0.3, -0.25) is 0 Å². The van der Waals surface area contributed by atoms with Crippen molar-refractivity contribution < 1.29 is 0 Å². The summed E-state index contributed by atoms with van der Waals surface area (Å²) in [6.45, 7) is 3.01. The van der Waals surface area contributed by atoms with Crippen LogP contribution in [0.25, 0.3) is 0 Å². The minimum Gasteiger partial charge on any atom is -0.314 e. The molecule has 0 bridgehead atoms. The SMILES string of the molecule is CCc1nc(CNC)cs1. The summed E-state index contributed by atoms with van der Waals surface area (Å²) in [5.41, 5.74) is 1.16. The minimum absolute atomic E-state index is 0.885. The molecule has 10 heavy (non-hydrogen) atoms. The van der Waals surface area contributed by atoms with Crippen molar-refractivity contribution in [2.24, 2.45) is 0 Å². The monoisotopic (exact) mass is 156 g/mol. The van der Waals surface area contributed by atoms with Crippen LogP contribution in [-0.2, 0) is 13.0 Å². The van der Waals surface area contributed by atoms with Gasteiger partial charge in [0.05, 0.1) is 10.7 Å². The molecule has 1 aromatic heterocycles. The first-order valence-corrected chi connectivity index (χ1v) is 4.32. The van der Waals surface area contributed by atoms with Gasteiger partial charge in [-0.05, 0) is 13.5 Å². The van der Waals surface area contributed by atoms with Crippen molar-refractivity contribution in [2.45, 2.75) is 19.9 Å². The maximum absolute atomic E-state index is 4.37. The molecule has 0 aromatic carbocycles. The molecule has 0 atom stereocenters. The van der Waals surface area contributed by atoms with E-state index >= 15 is 0 Å². The molecule has 0 aliphatic carbocycles. The van der Waals surface area contributed by atoms with Gasteiger partial charge >= 0.3 is 0 Å². The van der Waals surface area contributed by atoms with Gasteiger partial charge < -0.3 is 5.32 Å². The number of nitrogens with zero attached hydrogens (tertiary/aromatic N) is 1. The molecule has 1 N–H and O–H groups in total. The molecule has 0 fully saturated rings. The number of nitrogens with one attached hydrogen (secondary N) is 1. The highest BCUT2D eigenvalue weighted by Gasteiger charge is 1.96. The molecule has 0 saturated heterocycles. The molecule has 3 heteroatoms. The van der Waals surface area contributed by atoms with Crippen molar-refractivity contribution in [2.75, 3.05) is 7.05 Å². The second-order valence-corrected chi connectivity index (χ2v) is 3.06. The second-order valence-electron chi connectivity index (χ2n) is 2.12. The van der Waals surface area contributed by atoms with Crippen LogP contribution >= 0.6 is 11.3 Å². The summed E-state index contributed by atoms with van der Waals surface area (Å²) in [6.07, 6.45) is 1.05. The zero-order chi connectivity index (χ0) is 7.40. The Hall–Kier alpha value is -0.410. The lowest BCUT2D eigenvalue weighted by Crippen LogP contribution is -2.05. The molecule has 0 spiro atoms. The van der Waals surface area contributed by atoms with E-state index in [2.05, 4.69) is 22.6 Å². The largest absolute Gasteiger partial charge is 0.314 e. The zero-order valence-electron chi connectivity index (χ0n) is 6.35. The Balaban J connectivity index is 2.59. The van der Waals surface area contributed by atoms with E-state index in [0.29, 0.717) is 0 Å². The van der Waals surface area contributed by atoms with Gasteiger partial charge in [0.25, 0.3) is 0 Å². The fraction of sp³-hybridized carbons (Fsp3) is 0.571. The van der Waals surface area contributed by atoms with Gasteiger partial charge in [0, 0.05) is 11.9 Å². The highest BCUT2D eigenvalue weighted by Crippen LogP contribution is 2.09. The van der Waals surface area contributed by atoms with Gasteiger partial charge in [-0.25, -0.2) is 4.98 Å². The van der Waals surface area contributed by atoms with Crippen molar-refractivity contribution in [1.29, 1.82) is 0 Å². The molecular weight excluding hydrogens is 144 g/mol. The van der Waals surface area contributed by atoms with E-state index in [4.69, 9.17) is 0 Å². The molecule has 0 aliphatic heterocycles. The van der Waals surface area contributed by atoms with Crippen LogP contribution < -0.4 is 5.32 Å². The summed E-state index contributed by atoms with van der Waals surface area (Å²) in [5, 5.41) is 6.40. The molecule has 0 aliphatic rings. The maximum Gasteiger partial charge on any atom is 0.0926 e. The third kappa shape index (κ3) is 1.78. The van der Waals surface area contributed by atoms with E-state index in [9.17, 15) is 0 Å². The molecule has 0 saturated carbocycles. The van der Waals surface area contributed by atoms with Gasteiger partial charge in [-0.15, -0.1) is 11.3 Å². The van der Waals surface area contributed by atoms with E-state index in [1.165, 1.54) is 5.01 Å². The Morgan fingerprint density at radius 1 is 1.70 bits per heavy atom. The third-order valence-electron chi connectivity index (χ3n) is 1.26. The number of aryl methyl sites for hydroxylation is 1. The topological polar surface area (TPSA) is 24.9 Å². The molecule has 1 rings (SSSR count). The van der Waals surface area contributed by atoms with Crippen LogP contribution in [0.5, 0.6) is 0 Å². The zero-order valence-corrected chi connectivity index (χ0v) is 7.16. The highest BCUT2D eigenvalue weighted by molar-refractivity contribution is 7.09. The maximum atomic E-state index is 4.37. The number of thiazole rings is 1. The normalized spacial score (nSPS) is 10.2. The lowest BCUT2D eigenvalue weighted by Gasteiger charge is -1.90. The Morgan fingerprint density at radius 2 is 2.50 bits per heavy atom. The predicted molar refractivity (Wildman–Crippen MR) is 44.3 cm³/mol. The van der Waals surface area contributed by atoms with Gasteiger partial charge in [0.15, 0.2) is 0 Å². The Bertz CT molecular complexity index is 195. The summed E-state index contributed by atoms with van der Waals surface area (Å²) in [7, 11) is 1.94. The van der Waals surface area contributed by atoms with Gasteiger partial charge in [0.2, 0.25) is 0 Å². The third-order valence-corrected chi connectivity index (χ3v) is 2.30. The number of hydrogen-bond acceptors (Lipinski definition) is 3. The Kier molecular flexibility index (Phi) is 2.83.